The van der Waals surface area contributed by atoms with Crippen LogP contribution in [0.1, 0.15) is 36.6 Å². The second-order valence-corrected chi connectivity index (χ2v) is 6.84. The van der Waals surface area contributed by atoms with Crippen molar-refractivity contribution in [1.82, 2.24) is 9.97 Å². The average Bonchev–Trinajstić information content (AvgIpc) is 2.62. The van der Waals surface area contributed by atoms with Gasteiger partial charge in [0.15, 0.2) is 5.82 Å². The summed E-state index contributed by atoms with van der Waals surface area (Å²) in [4.78, 5) is 6.96. The molecule has 7 heteroatoms. The van der Waals surface area contributed by atoms with Crippen molar-refractivity contribution in [2.24, 2.45) is 0 Å². The van der Waals surface area contributed by atoms with Crippen LogP contribution in [0.3, 0.4) is 0 Å². The molecule has 0 aliphatic heterocycles. The Morgan fingerprint density at radius 3 is 2.14 bits per heavy atom. The van der Waals surface area contributed by atoms with Gasteiger partial charge in [-0.25, -0.2) is 9.37 Å². The van der Waals surface area contributed by atoms with E-state index >= 15 is 0 Å². The topological polar surface area (TPSA) is 25.8 Å². The Morgan fingerprint density at radius 1 is 0.857 bits per heavy atom. The van der Waals surface area contributed by atoms with Gasteiger partial charge in [-0.2, -0.15) is 17.6 Å². The fourth-order valence-electron chi connectivity index (χ4n) is 3.05. The fourth-order valence-corrected chi connectivity index (χ4v) is 3.05. The minimum absolute atomic E-state index is 0.145. The molecule has 28 heavy (non-hydrogen) atoms. The van der Waals surface area contributed by atoms with E-state index in [-0.39, 0.29) is 5.92 Å². The van der Waals surface area contributed by atoms with Crippen molar-refractivity contribution in [3.8, 4) is 22.3 Å². The summed E-state index contributed by atoms with van der Waals surface area (Å²) in [6, 6.07) is 7.31. The molecule has 0 N–H and O–H groups in total. The normalized spacial score (nSPS) is 11.9. The van der Waals surface area contributed by atoms with Gasteiger partial charge < -0.3 is 0 Å². The van der Waals surface area contributed by atoms with Gasteiger partial charge in [0.2, 0.25) is 5.95 Å². The van der Waals surface area contributed by atoms with Crippen LogP contribution in [0.15, 0.2) is 42.7 Å². The summed E-state index contributed by atoms with van der Waals surface area (Å²) >= 11 is 0. The largest absolute Gasteiger partial charge is 0.433 e. The van der Waals surface area contributed by atoms with Crippen LogP contribution in [0, 0.1) is 18.7 Å². The molecule has 2 nitrogen and oxygen atoms in total. The predicted molar refractivity (Wildman–Crippen MR) is 96.6 cm³/mol. The van der Waals surface area contributed by atoms with E-state index in [0.29, 0.717) is 22.3 Å². The molecular weight excluding hydrogens is 375 g/mol. The van der Waals surface area contributed by atoms with E-state index in [1.807, 2.05) is 13.8 Å². The number of aromatic nitrogens is 2. The van der Waals surface area contributed by atoms with Crippen molar-refractivity contribution in [2.75, 3.05) is 0 Å². The third-order valence-electron chi connectivity index (χ3n) is 4.49. The van der Waals surface area contributed by atoms with Gasteiger partial charge in [-0.05, 0) is 47.2 Å². The number of hydrogen-bond acceptors (Lipinski definition) is 2. The number of aryl methyl sites for hydroxylation is 1. The van der Waals surface area contributed by atoms with Crippen molar-refractivity contribution in [2.45, 2.75) is 32.9 Å². The van der Waals surface area contributed by atoms with E-state index in [4.69, 9.17) is 0 Å². The van der Waals surface area contributed by atoms with Gasteiger partial charge in [0.05, 0.1) is 0 Å². The molecule has 146 valence electrons. The first-order valence-corrected chi connectivity index (χ1v) is 8.57. The lowest BCUT2D eigenvalue weighted by Crippen LogP contribution is -2.10. The highest BCUT2D eigenvalue weighted by Gasteiger charge is 2.33. The molecule has 2 aromatic heterocycles. The minimum Gasteiger partial charge on any atom is -0.251 e. The highest BCUT2D eigenvalue weighted by Crippen LogP contribution is 2.36. The smallest absolute Gasteiger partial charge is 0.251 e. The average molecular weight is 392 g/mol. The molecule has 0 aliphatic carbocycles. The number of halogens is 5. The SMILES string of the molecule is Cc1cc(-c2cnc(F)c(F)c2)ccc1-c1cnc(C(F)(F)F)cc1C(C)C. The lowest BCUT2D eigenvalue weighted by atomic mass is 9.90. The van der Waals surface area contributed by atoms with Gasteiger partial charge in [0, 0.05) is 23.5 Å². The van der Waals surface area contributed by atoms with Crippen LogP contribution in [-0.4, -0.2) is 9.97 Å². The number of benzene rings is 1. The van der Waals surface area contributed by atoms with E-state index in [0.717, 1.165) is 23.3 Å². The zero-order valence-electron chi connectivity index (χ0n) is 15.4. The summed E-state index contributed by atoms with van der Waals surface area (Å²) in [7, 11) is 0. The molecule has 0 fully saturated rings. The molecule has 0 unspecified atom stereocenters. The summed E-state index contributed by atoms with van der Waals surface area (Å²) in [6.07, 6.45) is -2.05. The van der Waals surface area contributed by atoms with Crippen LogP contribution in [0.5, 0.6) is 0 Å². The molecule has 3 rings (SSSR count). The Balaban J connectivity index is 2.08. The third kappa shape index (κ3) is 3.88. The Bertz CT molecular complexity index is 1030. The zero-order valence-corrected chi connectivity index (χ0v) is 15.4. The Labute approximate surface area is 159 Å². The number of rotatable bonds is 3. The summed E-state index contributed by atoms with van der Waals surface area (Å²) in [5.74, 6) is -2.36. The predicted octanol–water partition coefficient (Wildman–Crippen LogP) is 6.54. The summed E-state index contributed by atoms with van der Waals surface area (Å²) in [6.45, 7) is 5.43. The maximum absolute atomic E-state index is 13.4. The molecule has 0 saturated carbocycles. The highest BCUT2D eigenvalue weighted by atomic mass is 19.4. The second kappa shape index (κ2) is 7.30. The van der Waals surface area contributed by atoms with E-state index in [1.165, 1.54) is 12.4 Å². The summed E-state index contributed by atoms with van der Waals surface area (Å²) in [5, 5.41) is 0. The molecule has 0 radical (unpaired) electrons. The maximum Gasteiger partial charge on any atom is 0.433 e. The molecule has 0 atom stereocenters. The van der Waals surface area contributed by atoms with E-state index in [1.54, 1.807) is 25.1 Å². The number of hydrogen-bond donors (Lipinski definition) is 0. The van der Waals surface area contributed by atoms with Gasteiger partial charge in [0.1, 0.15) is 5.69 Å². The van der Waals surface area contributed by atoms with Crippen molar-refractivity contribution in [3.63, 3.8) is 0 Å². The van der Waals surface area contributed by atoms with E-state index in [9.17, 15) is 22.0 Å². The van der Waals surface area contributed by atoms with Crippen LogP contribution in [0.4, 0.5) is 22.0 Å². The van der Waals surface area contributed by atoms with Crippen molar-refractivity contribution >= 4 is 0 Å². The monoisotopic (exact) mass is 392 g/mol. The highest BCUT2D eigenvalue weighted by molar-refractivity contribution is 5.75. The van der Waals surface area contributed by atoms with Crippen molar-refractivity contribution in [1.29, 1.82) is 0 Å². The molecule has 3 aromatic rings. The zero-order chi connectivity index (χ0) is 20.6. The van der Waals surface area contributed by atoms with Crippen LogP contribution in [0.25, 0.3) is 22.3 Å². The standard InChI is InChI=1S/C21H17F5N2/c1-11(2)16-8-19(21(24,25)26)27-10-17(16)15-5-4-13(6-12(15)3)14-7-18(22)20(23)28-9-14/h4-11H,1-3H3. The fraction of sp³-hybridized carbons (Fsp3) is 0.238. The third-order valence-corrected chi connectivity index (χ3v) is 4.49. The maximum atomic E-state index is 13.4. The van der Waals surface area contributed by atoms with Gasteiger partial charge >= 0.3 is 6.18 Å². The lowest BCUT2D eigenvalue weighted by molar-refractivity contribution is -0.141. The van der Waals surface area contributed by atoms with Crippen molar-refractivity contribution < 1.29 is 22.0 Å². The van der Waals surface area contributed by atoms with Crippen molar-refractivity contribution in [3.05, 3.63) is 71.3 Å². The van der Waals surface area contributed by atoms with Crippen LogP contribution < -0.4 is 0 Å². The Morgan fingerprint density at radius 2 is 1.57 bits per heavy atom. The Hall–Kier alpha value is -2.83. The molecule has 2 heterocycles. The second-order valence-electron chi connectivity index (χ2n) is 6.84. The first kappa shape index (κ1) is 19.9. The summed E-state index contributed by atoms with van der Waals surface area (Å²) < 4.78 is 65.6. The first-order chi connectivity index (χ1) is 13.1. The van der Waals surface area contributed by atoms with Gasteiger partial charge in [-0.3, -0.25) is 4.98 Å². The molecule has 0 amide bonds. The first-order valence-electron chi connectivity index (χ1n) is 8.57. The van der Waals surface area contributed by atoms with Gasteiger partial charge in [0.25, 0.3) is 0 Å². The Kier molecular flexibility index (Phi) is 5.19. The number of alkyl halides is 3. The molecule has 0 aliphatic rings. The van der Waals surface area contributed by atoms with E-state index in [2.05, 4.69) is 9.97 Å². The quantitative estimate of drug-likeness (QED) is 0.374. The summed E-state index contributed by atoms with van der Waals surface area (Å²) in [5.41, 5.74) is 2.74. The van der Waals surface area contributed by atoms with Crippen LogP contribution in [0.2, 0.25) is 0 Å². The molecule has 0 bridgehead atoms. The molecular formula is C21H17F5N2. The molecule has 0 spiro atoms. The lowest BCUT2D eigenvalue weighted by Gasteiger charge is -2.17. The van der Waals surface area contributed by atoms with E-state index < -0.39 is 23.6 Å². The number of nitrogens with zero attached hydrogens (tertiary/aromatic N) is 2. The van der Waals surface area contributed by atoms with Crippen LogP contribution >= 0.6 is 0 Å². The molecule has 0 saturated heterocycles. The van der Waals surface area contributed by atoms with Crippen LogP contribution in [-0.2, 0) is 6.18 Å². The minimum atomic E-state index is -4.51. The number of pyridine rings is 2. The van der Waals surface area contributed by atoms with Gasteiger partial charge in [-0.1, -0.05) is 32.0 Å². The molecule has 1 aromatic carbocycles. The van der Waals surface area contributed by atoms with Gasteiger partial charge in [-0.15, -0.1) is 0 Å².